The summed E-state index contributed by atoms with van der Waals surface area (Å²) in [6.45, 7) is 4.03. The van der Waals surface area contributed by atoms with Crippen molar-refractivity contribution in [3.63, 3.8) is 0 Å². The van der Waals surface area contributed by atoms with Crippen molar-refractivity contribution < 1.29 is 13.2 Å². The summed E-state index contributed by atoms with van der Waals surface area (Å²) in [5.74, 6) is 0.707. The molecule has 1 amide bonds. The quantitative estimate of drug-likeness (QED) is 0.891. The standard InChI is InChI=1S/C16H24N2O3S/c1-11-5-3-7-14(9-11)16(19)18-12(2)13-6-4-8-15(10-13)22(17,20)21/h4,6,8,10-12,14H,3,5,7,9H2,1-2H3,(H,18,19)(H2,17,20,21)/t11-,12+,14-/m1/s1. The number of hydrogen-bond acceptors (Lipinski definition) is 3. The lowest BCUT2D eigenvalue weighted by molar-refractivity contribution is -0.127. The molecule has 1 aromatic carbocycles. The number of amides is 1. The van der Waals surface area contributed by atoms with Crippen LogP contribution in [0.1, 0.15) is 51.1 Å². The lowest BCUT2D eigenvalue weighted by atomic mass is 9.82. The minimum absolute atomic E-state index is 0.0556. The molecule has 0 radical (unpaired) electrons. The van der Waals surface area contributed by atoms with Gasteiger partial charge in [0.1, 0.15) is 0 Å². The SMILES string of the molecule is C[C@@H]1CCC[C@@H](C(=O)N[C@@H](C)c2cccc(S(N)(=O)=O)c2)C1. The zero-order valence-electron chi connectivity index (χ0n) is 13.1. The van der Waals surface area contributed by atoms with E-state index in [1.54, 1.807) is 12.1 Å². The predicted molar refractivity (Wildman–Crippen MR) is 85.5 cm³/mol. The maximum atomic E-state index is 12.4. The van der Waals surface area contributed by atoms with Gasteiger partial charge in [-0.2, -0.15) is 0 Å². The van der Waals surface area contributed by atoms with Crippen LogP contribution in [0.3, 0.4) is 0 Å². The molecule has 0 unspecified atom stereocenters. The molecule has 1 aliphatic rings. The lowest BCUT2D eigenvalue weighted by Gasteiger charge is -2.27. The van der Waals surface area contributed by atoms with Gasteiger partial charge in [0.05, 0.1) is 10.9 Å². The topological polar surface area (TPSA) is 89.3 Å². The average molecular weight is 324 g/mol. The van der Waals surface area contributed by atoms with E-state index < -0.39 is 10.0 Å². The third-order valence-electron chi connectivity index (χ3n) is 4.35. The van der Waals surface area contributed by atoms with Gasteiger partial charge in [0, 0.05) is 5.92 Å². The van der Waals surface area contributed by atoms with E-state index in [1.807, 2.05) is 6.92 Å². The molecular weight excluding hydrogens is 300 g/mol. The average Bonchev–Trinajstić information content (AvgIpc) is 2.46. The number of carbonyl (C=O) groups excluding carboxylic acids is 1. The minimum atomic E-state index is -3.73. The third kappa shape index (κ3) is 4.30. The third-order valence-corrected chi connectivity index (χ3v) is 5.26. The first-order valence-electron chi connectivity index (χ1n) is 7.70. The van der Waals surface area contributed by atoms with E-state index in [0.29, 0.717) is 5.92 Å². The van der Waals surface area contributed by atoms with Gasteiger partial charge in [0.2, 0.25) is 15.9 Å². The van der Waals surface area contributed by atoms with E-state index in [-0.39, 0.29) is 22.8 Å². The highest BCUT2D eigenvalue weighted by Crippen LogP contribution is 2.29. The summed E-state index contributed by atoms with van der Waals surface area (Å²) in [5.41, 5.74) is 0.740. The molecular formula is C16H24N2O3S. The Morgan fingerprint density at radius 1 is 1.36 bits per heavy atom. The molecule has 1 saturated carbocycles. The smallest absolute Gasteiger partial charge is 0.238 e. The van der Waals surface area contributed by atoms with E-state index in [9.17, 15) is 13.2 Å². The van der Waals surface area contributed by atoms with Crippen LogP contribution in [-0.2, 0) is 14.8 Å². The Labute approximate surface area is 132 Å². The van der Waals surface area contributed by atoms with Crippen molar-refractivity contribution in [1.29, 1.82) is 0 Å². The number of benzene rings is 1. The van der Waals surface area contributed by atoms with Crippen LogP contribution >= 0.6 is 0 Å². The number of carbonyl (C=O) groups is 1. The molecule has 0 aliphatic heterocycles. The summed E-state index contributed by atoms with van der Waals surface area (Å²) in [4.78, 5) is 12.4. The van der Waals surface area contributed by atoms with Crippen LogP contribution in [-0.4, -0.2) is 14.3 Å². The van der Waals surface area contributed by atoms with E-state index >= 15 is 0 Å². The van der Waals surface area contributed by atoms with Crippen molar-refractivity contribution in [3.8, 4) is 0 Å². The van der Waals surface area contributed by atoms with Crippen molar-refractivity contribution >= 4 is 15.9 Å². The Morgan fingerprint density at radius 3 is 2.73 bits per heavy atom. The Morgan fingerprint density at radius 2 is 2.09 bits per heavy atom. The normalized spacial score (nSPS) is 23.8. The summed E-state index contributed by atoms with van der Waals surface area (Å²) in [6.07, 6.45) is 4.14. The first-order valence-corrected chi connectivity index (χ1v) is 9.25. The number of rotatable bonds is 4. The summed E-state index contributed by atoms with van der Waals surface area (Å²) in [6, 6.07) is 6.16. The van der Waals surface area contributed by atoms with Crippen molar-refractivity contribution in [3.05, 3.63) is 29.8 Å². The van der Waals surface area contributed by atoms with Gasteiger partial charge in [-0.1, -0.05) is 31.9 Å². The Bertz CT molecular complexity index is 643. The van der Waals surface area contributed by atoms with E-state index in [0.717, 1.165) is 24.8 Å². The molecule has 0 bridgehead atoms. The van der Waals surface area contributed by atoms with Crippen LogP contribution in [0.15, 0.2) is 29.2 Å². The van der Waals surface area contributed by atoms with Gasteiger partial charge < -0.3 is 5.32 Å². The van der Waals surface area contributed by atoms with Crippen LogP contribution in [0.4, 0.5) is 0 Å². The van der Waals surface area contributed by atoms with Crippen LogP contribution in [0.2, 0.25) is 0 Å². The van der Waals surface area contributed by atoms with Crippen molar-refractivity contribution in [2.75, 3.05) is 0 Å². The molecule has 2 rings (SSSR count). The largest absolute Gasteiger partial charge is 0.349 e. The van der Waals surface area contributed by atoms with Gasteiger partial charge in [0.25, 0.3) is 0 Å². The van der Waals surface area contributed by atoms with Gasteiger partial charge in [0.15, 0.2) is 0 Å². The minimum Gasteiger partial charge on any atom is -0.349 e. The Kier molecular flexibility index (Phi) is 5.24. The Balaban J connectivity index is 2.05. The first kappa shape index (κ1) is 17.0. The molecule has 1 aromatic rings. The summed E-state index contributed by atoms with van der Waals surface area (Å²) < 4.78 is 22.8. The molecule has 5 nitrogen and oxygen atoms in total. The second-order valence-corrected chi connectivity index (χ2v) is 7.88. The molecule has 6 heteroatoms. The monoisotopic (exact) mass is 324 g/mol. The maximum Gasteiger partial charge on any atom is 0.238 e. The van der Waals surface area contributed by atoms with Crippen molar-refractivity contribution in [2.24, 2.45) is 17.0 Å². The number of hydrogen-bond donors (Lipinski definition) is 2. The molecule has 0 heterocycles. The van der Waals surface area contributed by atoms with Crippen molar-refractivity contribution in [2.45, 2.75) is 50.5 Å². The number of sulfonamides is 1. The first-order chi connectivity index (χ1) is 10.3. The molecule has 1 fully saturated rings. The van der Waals surface area contributed by atoms with Crippen LogP contribution in [0.25, 0.3) is 0 Å². The highest BCUT2D eigenvalue weighted by molar-refractivity contribution is 7.89. The molecule has 22 heavy (non-hydrogen) atoms. The van der Waals surface area contributed by atoms with E-state index in [1.165, 1.54) is 18.6 Å². The molecule has 3 N–H and O–H groups in total. The van der Waals surface area contributed by atoms with Crippen LogP contribution in [0.5, 0.6) is 0 Å². The summed E-state index contributed by atoms with van der Waals surface area (Å²) in [5, 5.41) is 8.13. The molecule has 0 saturated heterocycles. The van der Waals surface area contributed by atoms with Gasteiger partial charge in [-0.05, 0) is 43.4 Å². The number of nitrogens with one attached hydrogen (secondary N) is 1. The molecule has 0 aromatic heterocycles. The molecule has 0 spiro atoms. The van der Waals surface area contributed by atoms with Crippen LogP contribution in [0, 0.1) is 11.8 Å². The second kappa shape index (κ2) is 6.79. The highest BCUT2D eigenvalue weighted by atomic mass is 32.2. The lowest BCUT2D eigenvalue weighted by Crippen LogP contribution is -2.35. The van der Waals surface area contributed by atoms with E-state index in [4.69, 9.17) is 5.14 Å². The maximum absolute atomic E-state index is 12.4. The number of primary sulfonamides is 1. The van der Waals surface area contributed by atoms with Gasteiger partial charge in [-0.25, -0.2) is 13.6 Å². The van der Waals surface area contributed by atoms with Gasteiger partial charge in [-0.15, -0.1) is 0 Å². The molecule has 122 valence electrons. The fourth-order valence-corrected chi connectivity index (χ4v) is 3.62. The van der Waals surface area contributed by atoms with Gasteiger partial charge in [-0.3, -0.25) is 4.79 Å². The fourth-order valence-electron chi connectivity index (χ4n) is 3.05. The molecule has 1 aliphatic carbocycles. The number of nitrogens with two attached hydrogens (primary N) is 1. The predicted octanol–water partition coefficient (Wildman–Crippen LogP) is 2.34. The van der Waals surface area contributed by atoms with E-state index in [2.05, 4.69) is 12.2 Å². The van der Waals surface area contributed by atoms with Crippen molar-refractivity contribution in [1.82, 2.24) is 5.32 Å². The zero-order chi connectivity index (χ0) is 16.3. The molecule has 3 atom stereocenters. The summed E-state index contributed by atoms with van der Waals surface area (Å²) >= 11 is 0. The zero-order valence-corrected chi connectivity index (χ0v) is 13.9. The second-order valence-electron chi connectivity index (χ2n) is 6.32. The summed E-state index contributed by atoms with van der Waals surface area (Å²) in [7, 11) is -3.73. The van der Waals surface area contributed by atoms with Crippen LogP contribution < -0.4 is 10.5 Å². The fraction of sp³-hybridized carbons (Fsp3) is 0.562. The Hall–Kier alpha value is -1.40. The van der Waals surface area contributed by atoms with Gasteiger partial charge >= 0.3 is 0 Å². The highest BCUT2D eigenvalue weighted by Gasteiger charge is 2.26.